The second-order valence-corrected chi connectivity index (χ2v) is 2.33. The molecule has 0 unspecified atom stereocenters. The van der Waals surface area contributed by atoms with E-state index in [2.05, 4.69) is 18.8 Å². The maximum atomic E-state index is 5.11. The third-order valence-corrected chi connectivity index (χ3v) is 1.30. The first-order chi connectivity index (χ1) is 5.41. The molecule has 1 radical (unpaired) electrons. The van der Waals surface area contributed by atoms with Crippen LogP contribution in [0.5, 0.6) is 0 Å². The molecule has 11 heavy (non-hydrogen) atoms. The summed E-state index contributed by atoms with van der Waals surface area (Å²) in [5.74, 6) is 5.95. The Morgan fingerprint density at radius 2 is 2.18 bits per heavy atom. The molecule has 0 spiro atoms. The third kappa shape index (κ3) is 9.04. The molecule has 0 N–H and O–H groups in total. The molecule has 0 amide bonds. The van der Waals surface area contributed by atoms with Gasteiger partial charge in [-0.05, 0) is 12.5 Å². The Hall–Kier alpha value is -0.960. The fourth-order valence-corrected chi connectivity index (χ4v) is 0.698. The molecule has 0 aromatic heterocycles. The first-order valence-corrected chi connectivity index (χ1v) is 4.10. The van der Waals surface area contributed by atoms with E-state index < -0.39 is 0 Å². The fourth-order valence-electron chi connectivity index (χ4n) is 0.698. The summed E-state index contributed by atoms with van der Waals surface area (Å²) in [6.07, 6.45) is 9.75. The highest BCUT2D eigenvalue weighted by molar-refractivity contribution is 5.18. The highest BCUT2D eigenvalue weighted by Crippen LogP contribution is 1.96. The van der Waals surface area contributed by atoms with Crippen molar-refractivity contribution in [3.8, 4) is 11.8 Å². The van der Waals surface area contributed by atoms with E-state index in [-0.39, 0.29) is 0 Å². The third-order valence-electron chi connectivity index (χ3n) is 1.30. The van der Waals surface area contributed by atoms with Crippen molar-refractivity contribution in [2.75, 3.05) is 0 Å². The van der Waals surface area contributed by atoms with E-state index in [9.17, 15) is 0 Å². The van der Waals surface area contributed by atoms with Gasteiger partial charge in [0, 0.05) is 6.42 Å². The molecule has 0 rings (SSSR count). The zero-order chi connectivity index (χ0) is 8.36. The van der Waals surface area contributed by atoms with Crippen LogP contribution in [0.1, 0.15) is 32.6 Å². The molecule has 0 bridgehead atoms. The van der Waals surface area contributed by atoms with Gasteiger partial charge in [-0.25, -0.2) is 0 Å². The van der Waals surface area contributed by atoms with Gasteiger partial charge < -0.3 is 0 Å². The Kier molecular flexibility index (Phi) is 8.25. The molecular weight excluding hydrogens is 132 g/mol. The zero-order valence-corrected chi connectivity index (χ0v) is 7.14. The molecule has 0 fully saturated rings. The summed E-state index contributed by atoms with van der Waals surface area (Å²) in [5, 5.41) is 0. The number of hydrogen-bond donors (Lipinski definition) is 0. The quantitative estimate of drug-likeness (QED) is 0.325. The second kappa shape index (κ2) is 9.04. The molecule has 0 heterocycles. The molecule has 0 nitrogen and oxygen atoms in total. The summed E-state index contributed by atoms with van der Waals surface area (Å²) in [5.41, 5.74) is 0. The van der Waals surface area contributed by atoms with Crippen LogP contribution in [-0.4, -0.2) is 0 Å². The monoisotopic (exact) mass is 147 g/mol. The Balaban J connectivity index is 3.25. The van der Waals surface area contributed by atoms with Gasteiger partial charge in [0.05, 0.1) is 0 Å². The van der Waals surface area contributed by atoms with Crippen LogP contribution in [0.2, 0.25) is 0 Å². The van der Waals surface area contributed by atoms with Gasteiger partial charge in [0.2, 0.25) is 0 Å². The van der Waals surface area contributed by atoms with Crippen LogP contribution >= 0.6 is 0 Å². The lowest BCUT2D eigenvalue weighted by Crippen LogP contribution is -1.69. The molecule has 0 atom stereocenters. The first-order valence-electron chi connectivity index (χ1n) is 4.10. The van der Waals surface area contributed by atoms with Crippen molar-refractivity contribution in [1.82, 2.24) is 0 Å². The van der Waals surface area contributed by atoms with Crippen LogP contribution in [0.15, 0.2) is 18.2 Å². The Morgan fingerprint density at radius 3 is 2.82 bits per heavy atom. The van der Waals surface area contributed by atoms with Crippen molar-refractivity contribution in [2.24, 2.45) is 0 Å². The molecular formula is C11H15. The standard InChI is InChI=1S/C11H15/c1-3-5-7-9-11-10-8-6-4-2/h1,3,5,7H,4,6,8,10H2,2H3/b3-1?,7-5+. The Morgan fingerprint density at radius 1 is 1.36 bits per heavy atom. The van der Waals surface area contributed by atoms with E-state index in [1.807, 2.05) is 0 Å². The topological polar surface area (TPSA) is 0 Å². The van der Waals surface area contributed by atoms with Gasteiger partial charge in [0.1, 0.15) is 0 Å². The smallest absolute Gasteiger partial charge is 0.00922 e. The van der Waals surface area contributed by atoms with Gasteiger partial charge in [-0.15, -0.1) is 0 Å². The fraction of sp³-hybridized carbons (Fsp3) is 0.455. The van der Waals surface area contributed by atoms with Crippen LogP contribution in [0.3, 0.4) is 0 Å². The van der Waals surface area contributed by atoms with E-state index >= 15 is 0 Å². The molecule has 0 saturated carbocycles. The summed E-state index contributed by atoms with van der Waals surface area (Å²) >= 11 is 0. The highest BCUT2D eigenvalue weighted by atomic mass is 13.8. The normalized spacial score (nSPS) is 9.18. The second-order valence-electron chi connectivity index (χ2n) is 2.33. The van der Waals surface area contributed by atoms with Crippen molar-refractivity contribution < 1.29 is 0 Å². The van der Waals surface area contributed by atoms with Crippen LogP contribution in [0, 0.1) is 18.4 Å². The molecule has 0 aliphatic heterocycles. The van der Waals surface area contributed by atoms with Gasteiger partial charge in [-0.1, -0.05) is 50.3 Å². The molecule has 0 aliphatic carbocycles. The average molecular weight is 147 g/mol. The molecule has 0 saturated heterocycles. The summed E-state index contributed by atoms with van der Waals surface area (Å²) in [6, 6.07) is 0. The lowest BCUT2D eigenvalue weighted by atomic mass is 10.2. The first kappa shape index (κ1) is 10.0. The predicted octanol–water partition coefficient (Wildman–Crippen LogP) is 3.12. The van der Waals surface area contributed by atoms with E-state index in [0.717, 1.165) is 6.42 Å². The average Bonchev–Trinajstić information content (AvgIpc) is 2.03. The van der Waals surface area contributed by atoms with Crippen molar-refractivity contribution in [3.05, 3.63) is 24.8 Å². The maximum absolute atomic E-state index is 5.11. The van der Waals surface area contributed by atoms with Crippen LogP contribution in [0.4, 0.5) is 0 Å². The van der Waals surface area contributed by atoms with Gasteiger partial charge in [-0.2, -0.15) is 0 Å². The largest absolute Gasteiger partial charge is 0.0985 e. The van der Waals surface area contributed by atoms with Crippen molar-refractivity contribution in [2.45, 2.75) is 32.6 Å². The molecule has 0 aromatic carbocycles. The Bertz CT molecular complexity index is 164. The number of hydrogen-bond acceptors (Lipinski definition) is 0. The van der Waals surface area contributed by atoms with Crippen molar-refractivity contribution >= 4 is 0 Å². The highest BCUT2D eigenvalue weighted by Gasteiger charge is 1.78. The summed E-state index contributed by atoms with van der Waals surface area (Å²) in [4.78, 5) is 0. The summed E-state index contributed by atoms with van der Waals surface area (Å²) < 4.78 is 0. The number of allylic oxidation sites excluding steroid dienone is 3. The zero-order valence-electron chi connectivity index (χ0n) is 7.14. The number of unbranched alkanes of at least 4 members (excludes halogenated alkanes) is 3. The van der Waals surface area contributed by atoms with Gasteiger partial charge in [0.25, 0.3) is 0 Å². The predicted molar refractivity (Wildman–Crippen MR) is 49.9 cm³/mol. The molecule has 0 aliphatic rings. The van der Waals surface area contributed by atoms with E-state index in [0.29, 0.717) is 0 Å². The van der Waals surface area contributed by atoms with Gasteiger partial charge in [-0.3, -0.25) is 0 Å². The van der Waals surface area contributed by atoms with Crippen LogP contribution < -0.4 is 0 Å². The van der Waals surface area contributed by atoms with Crippen LogP contribution in [-0.2, 0) is 0 Å². The van der Waals surface area contributed by atoms with Crippen molar-refractivity contribution in [1.29, 1.82) is 0 Å². The number of rotatable bonds is 4. The van der Waals surface area contributed by atoms with Gasteiger partial charge >= 0.3 is 0 Å². The van der Waals surface area contributed by atoms with E-state index in [1.54, 1.807) is 12.2 Å². The minimum Gasteiger partial charge on any atom is -0.0985 e. The lowest BCUT2D eigenvalue weighted by Gasteiger charge is -1.87. The Labute approximate surface area is 70.0 Å². The van der Waals surface area contributed by atoms with E-state index in [1.165, 1.54) is 25.3 Å². The minimum absolute atomic E-state index is 1.00. The molecule has 0 heteroatoms. The minimum atomic E-state index is 1.00. The lowest BCUT2D eigenvalue weighted by molar-refractivity contribution is 0.737. The van der Waals surface area contributed by atoms with Crippen molar-refractivity contribution in [3.63, 3.8) is 0 Å². The van der Waals surface area contributed by atoms with Gasteiger partial charge in [0.15, 0.2) is 0 Å². The SMILES string of the molecule is [CH]=C/C=C/C#CCCCCC. The van der Waals surface area contributed by atoms with E-state index in [4.69, 9.17) is 6.58 Å². The molecule has 0 aromatic rings. The summed E-state index contributed by atoms with van der Waals surface area (Å²) in [6.45, 7) is 7.30. The maximum Gasteiger partial charge on any atom is 0.00922 e. The summed E-state index contributed by atoms with van der Waals surface area (Å²) in [7, 11) is 0. The van der Waals surface area contributed by atoms with Crippen LogP contribution in [0.25, 0.3) is 0 Å². The molecule has 59 valence electrons.